The van der Waals surface area contributed by atoms with E-state index in [0.29, 0.717) is 12.4 Å². The summed E-state index contributed by atoms with van der Waals surface area (Å²) >= 11 is 5.07. The van der Waals surface area contributed by atoms with Gasteiger partial charge < -0.3 is 11.1 Å². The number of rotatable bonds is 6. The molecule has 0 unspecified atom stereocenters. The summed E-state index contributed by atoms with van der Waals surface area (Å²) in [6, 6.07) is 0. The van der Waals surface area contributed by atoms with Crippen LogP contribution in [0.15, 0.2) is 50.6 Å². The molecule has 0 aromatic carbocycles. The average Bonchev–Trinajstić information content (AvgIpc) is 2.30. The lowest BCUT2D eigenvalue weighted by Crippen LogP contribution is -2.11. The lowest BCUT2D eigenvalue weighted by Gasteiger charge is -1.90. The molecule has 0 bridgehead atoms. The predicted octanol–water partition coefficient (Wildman–Crippen LogP) is 2.49. The Morgan fingerprint density at radius 3 is 1.40 bits per heavy atom. The van der Waals surface area contributed by atoms with E-state index in [9.17, 15) is 0 Å². The minimum absolute atomic E-state index is 0.556. The van der Waals surface area contributed by atoms with Gasteiger partial charge in [0.05, 0.1) is 0 Å². The fourth-order valence-corrected chi connectivity index (χ4v) is 0.287. The maximum atomic E-state index is 5.07. The van der Waals surface area contributed by atoms with Gasteiger partial charge in [-0.15, -0.1) is 37.9 Å². The minimum atomic E-state index is 0.556. The van der Waals surface area contributed by atoms with Gasteiger partial charge in [0, 0.05) is 25.5 Å². The van der Waals surface area contributed by atoms with Crippen LogP contribution < -0.4 is 11.1 Å². The molecule has 88 valence electrons. The Balaban J connectivity index is -0.000000155. The van der Waals surface area contributed by atoms with Crippen LogP contribution in [0.1, 0.15) is 0 Å². The second kappa shape index (κ2) is 29.2. The monoisotopic (exact) mass is 230 g/mol. The zero-order chi connectivity index (χ0) is 12.4. The molecule has 2 nitrogen and oxygen atoms in total. The summed E-state index contributed by atoms with van der Waals surface area (Å²) in [7, 11) is 0. The lowest BCUT2D eigenvalue weighted by atomic mass is 10.5. The molecule has 0 saturated carbocycles. The summed E-state index contributed by atoms with van der Waals surface area (Å²) in [6.45, 7) is 16.1. The first-order chi connectivity index (χ1) is 7.24. The van der Waals surface area contributed by atoms with Gasteiger partial charge in [-0.25, -0.2) is 0 Å². The molecule has 0 aromatic heterocycles. The number of nitrogens with one attached hydrogen (secondary N) is 1. The number of alkyl halides is 1. The number of allylic oxidation sites excluding steroid dienone is 1. The highest BCUT2D eigenvalue weighted by Gasteiger charge is 1.69. The van der Waals surface area contributed by atoms with Crippen LogP contribution in [0.5, 0.6) is 0 Å². The fourth-order valence-electron chi connectivity index (χ4n) is 0.287. The average molecular weight is 231 g/mol. The SMILES string of the molecule is C=CCCl.C=CCN.C=CCNCC=C. The highest BCUT2D eigenvalue weighted by atomic mass is 35.5. The molecule has 0 aliphatic rings. The van der Waals surface area contributed by atoms with Crippen molar-refractivity contribution in [1.29, 1.82) is 0 Å². The first-order valence-corrected chi connectivity index (χ1v) is 5.18. The van der Waals surface area contributed by atoms with Crippen LogP contribution in [0.4, 0.5) is 0 Å². The van der Waals surface area contributed by atoms with Crippen molar-refractivity contribution in [1.82, 2.24) is 5.32 Å². The summed E-state index contributed by atoms with van der Waals surface area (Å²) < 4.78 is 0. The lowest BCUT2D eigenvalue weighted by molar-refractivity contribution is 0.845. The molecule has 0 rings (SSSR count). The Labute approximate surface area is 99.2 Å². The smallest absolute Gasteiger partial charge is 0.0401 e. The molecule has 0 heterocycles. The maximum absolute atomic E-state index is 5.07. The summed E-state index contributed by atoms with van der Waals surface area (Å²) in [5.41, 5.74) is 4.91. The van der Waals surface area contributed by atoms with E-state index in [4.69, 9.17) is 17.3 Å². The van der Waals surface area contributed by atoms with Gasteiger partial charge in [0.1, 0.15) is 0 Å². The van der Waals surface area contributed by atoms with Gasteiger partial charge in [0.15, 0.2) is 0 Å². The highest BCUT2D eigenvalue weighted by Crippen LogP contribution is 1.67. The van der Waals surface area contributed by atoms with Gasteiger partial charge in [-0.2, -0.15) is 0 Å². The molecule has 0 aromatic rings. The zero-order valence-corrected chi connectivity index (χ0v) is 10.2. The summed E-state index contributed by atoms with van der Waals surface area (Å²) in [5, 5.41) is 3.05. The van der Waals surface area contributed by atoms with E-state index in [2.05, 4.69) is 31.6 Å². The summed E-state index contributed by atoms with van der Waals surface area (Å²) in [5.74, 6) is 0.556. The van der Waals surface area contributed by atoms with Crippen molar-refractivity contribution < 1.29 is 0 Å². The Morgan fingerprint density at radius 2 is 1.27 bits per heavy atom. The quantitative estimate of drug-likeness (QED) is 0.418. The largest absolute Gasteiger partial charge is 0.327 e. The van der Waals surface area contributed by atoms with E-state index >= 15 is 0 Å². The normalized spacial score (nSPS) is 7.07. The van der Waals surface area contributed by atoms with Crippen molar-refractivity contribution >= 4 is 11.6 Å². The van der Waals surface area contributed by atoms with Crippen molar-refractivity contribution in [3.05, 3.63) is 50.6 Å². The van der Waals surface area contributed by atoms with E-state index in [1.54, 1.807) is 12.2 Å². The molecule has 15 heavy (non-hydrogen) atoms. The number of halogens is 1. The fraction of sp³-hybridized carbons (Fsp3) is 0.333. The molecule has 3 heteroatoms. The Morgan fingerprint density at radius 1 is 0.933 bits per heavy atom. The maximum Gasteiger partial charge on any atom is 0.0401 e. The van der Waals surface area contributed by atoms with Crippen LogP contribution in [0.25, 0.3) is 0 Å². The molecule has 0 fully saturated rings. The first-order valence-electron chi connectivity index (χ1n) is 4.65. The van der Waals surface area contributed by atoms with Crippen molar-refractivity contribution in [2.75, 3.05) is 25.5 Å². The molecule has 0 aliphatic carbocycles. The molecule has 0 amide bonds. The third kappa shape index (κ3) is 61.5. The van der Waals surface area contributed by atoms with Gasteiger partial charge in [-0.1, -0.05) is 24.3 Å². The van der Waals surface area contributed by atoms with Gasteiger partial charge >= 0.3 is 0 Å². The molecular weight excluding hydrogens is 208 g/mol. The second-order valence-corrected chi connectivity index (χ2v) is 2.51. The van der Waals surface area contributed by atoms with E-state index < -0.39 is 0 Å². The number of nitrogens with two attached hydrogens (primary N) is 1. The molecule has 0 spiro atoms. The standard InChI is InChI=1S/C6H11N.C3H5Cl.C3H7N/c1-3-5-7-6-4-2;2*1-2-3-4/h3-4,7H,1-2,5-6H2;2H,1,3H2;2H,1,3-4H2. The summed E-state index contributed by atoms with van der Waals surface area (Å²) in [4.78, 5) is 0. The van der Waals surface area contributed by atoms with E-state index in [0.717, 1.165) is 13.1 Å². The van der Waals surface area contributed by atoms with Crippen LogP contribution in [-0.4, -0.2) is 25.5 Å². The second-order valence-electron chi connectivity index (χ2n) is 2.20. The third-order valence-electron chi connectivity index (χ3n) is 0.853. The van der Waals surface area contributed by atoms with E-state index in [1.165, 1.54) is 0 Å². The van der Waals surface area contributed by atoms with E-state index in [1.807, 2.05) is 12.2 Å². The van der Waals surface area contributed by atoms with Crippen LogP contribution in [0.2, 0.25) is 0 Å². The third-order valence-corrected chi connectivity index (χ3v) is 1.07. The van der Waals surface area contributed by atoms with Gasteiger partial charge in [0.25, 0.3) is 0 Å². The highest BCUT2D eigenvalue weighted by molar-refractivity contribution is 6.18. The molecule has 0 aliphatic heterocycles. The van der Waals surface area contributed by atoms with Crippen LogP contribution >= 0.6 is 11.6 Å². The van der Waals surface area contributed by atoms with Crippen LogP contribution in [0.3, 0.4) is 0 Å². The molecule has 3 N–H and O–H groups in total. The van der Waals surface area contributed by atoms with Crippen molar-refractivity contribution in [2.45, 2.75) is 0 Å². The van der Waals surface area contributed by atoms with Crippen LogP contribution in [-0.2, 0) is 0 Å². The minimum Gasteiger partial charge on any atom is -0.327 e. The Kier molecular flexibility index (Phi) is 38.4. The van der Waals surface area contributed by atoms with E-state index in [-0.39, 0.29) is 0 Å². The predicted molar refractivity (Wildman–Crippen MR) is 73.4 cm³/mol. The zero-order valence-electron chi connectivity index (χ0n) is 9.42. The van der Waals surface area contributed by atoms with Gasteiger partial charge in [-0.3, -0.25) is 0 Å². The molecule has 0 saturated heterocycles. The Bertz CT molecular complexity index is 129. The van der Waals surface area contributed by atoms with Crippen molar-refractivity contribution in [3.63, 3.8) is 0 Å². The topological polar surface area (TPSA) is 38.0 Å². The van der Waals surface area contributed by atoms with Crippen LogP contribution in [0, 0.1) is 0 Å². The Hall–Kier alpha value is -0.830. The van der Waals surface area contributed by atoms with Gasteiger partial charge in [0.2, 0.25) is 0 Å². The van der Waals surface area contributed by atoms with Gasteiger partial charge in [-0.05, 0) is 0 Å². The van der Waals surface area contributed by atoms with Crippen molar-refractivity contribution in [2.24, 2.45) is 5.73 Å². The molecule has 0 atom stereocenters. The molecular formula is C12H23ClN2. The summed E-state index contributed by atoms with van der Waals surface area (Å²) in [6.07, 6.45) is 6.94. The number of hydrogen-bond acceptors (Lipinski definition) is 2. The first kappa shape index (κ1) is 19.7. The molecule has 0 radical (unpaired) electrons. The van der Waals surface area contributed by atoms with Crippen molar-refractivity contribution in [3.8, 4) is 0 Å². The number of hydrogen-bond donors (Lipinski definition) is 2.